The first-order valence-corrected chi connectivity index (χ1v) is 7.60. The Morgan fingerprint density at radius 2 is 2.00 bits per heavy atom. The second kappa shape index (κ2) is 6.26. The second-order valence-corrected chi connectivity index (χ2v) is 5.84. The van der Waals surface area contributed by atoms with Crippen LogP contribution in [0.3, 0.4) is 0 Å². The molecule has 1 amide bonds. The van der Waals surface area contributed by atoms with Gasteiger partial charge in [-0.2, -0.15) is 0 Å². The van der Waals surface area contributed by atoms with Crippen molar-refractivity contribution in [1.82, 2.24) is 9.88 Å². The predicted molar refractivity (Wildman–Crippen MR) is 83.2 cm³/mol. The maximum atomic E-state index is 12.9. The third-order valence-electron chi connectivity index (χ3n) is 4.30. The van der Waals surface area contributed by atoms with Gasteiger partial charge in [-0.25, -0.2) is 4.39 Å². The first kappa shape index (κ1) is 14.7. The van der Waals surface area contributed by atoms with E-state index in [1.807, 2.05) is 18.0 Å². The Morgan fingerprint density at radius 1 is 1.27 bits per heavy atom. The van der Waals surface area contributed by atoms with Gasteiger partial charge in [0.1, 0.15) is 5.82 Å². The summed E-state index contributed by atoms with van der Waals surface area (Å²) in [4.78, 5) is 18.6. The Morgan fingerprint density at radius 3 is 2.64 bits per heavy atom. The van der Waals surface area contributed by atoms with Crippen LogP contribution in [0.2, 0.25) is 0 Å². The van der Waals surface area contributed by atoms with Crippen molar-refractivity contribution in [3.63, 3.8) is 0 Å². The number of rotatable bonds is 4. The van der Waals surface area contributed by atoms with E-state index in [-0.39, 0.29) is 11.7 Å². The van der Waals surface area contributed by atoms with E-state index in [0.717, 1.165) is 24.1 Å². The molecule has 0 radical (unpaired) electrons. The van der Waals surface area contributed by atoms with Crippen LogP contribution in [-0.4, -0.2) is 28.9 Å². The summed E-state index contributed by atoms with van der Waals surface area (Å²) in [5.74, 6) is -0.199. The van der Waals surface area contributed by atoms with Gasteiger partial charge in [-0.05, 0) is 49.1 Å². The van der Waals surface area contributed by atoms with E-state index in [1.165, 1.54) is 18.6 Å². The molecule has 3 rings (SSSR count). The highest BCUT2D eigenvalue weighted by Gasteiger charge is 2.26. The highest BCUT2D eigenvalue weighted by molar-refractivity contribution is 5.94. The summed E-state index contributed by atoms with van der Waals surface area (Å²) >= 11 is 0. The number of benzene rings is 1. The van der Waals surface area contributed by atoms with Crippen molar-refractivity contribution in [2.24, 2.45) is 0 Å². The Labute approximate surface area is 129 Å². The number of halogens is 1. The van der Waals surface area contributed by atoms with Gasteiger partial charge in [0.25, 0.3) is 5.91 Å². The summed E-state index contributed by atoms with van der Waals surface area (Å²) in [6.45, 7) is 0. The van der Waals surface area contributed by atoms with Gasteiger partial charge >= 0.3 is 0 Å². The molecule has 0 bridgehead atoms. The van der Waals surface area contributed by atoms with Gasteiger partial charge in [0.15, 0.2) is 0 Å². The van der Waals surface area contributed by atoms with E-state index in [0.29, 0.717) is 18.0 Å². The minimum atomic E-state index is -0.247. The molecular formula is C18H19FN2O. The largest absolute Gasteiger partial charge is 0.339 e. The Kier molecular flexibility index (Phi) is 4.18. The molecule has 1 aliphatic carbocycles. The third-order valence-corrected chi connectivity index (χ3v) is 4.30. The first-order valence-electron chi connectivity index (χ1n) is 7.60. The van der Waals surface area contributed by atoms with E-state index in [1.54, 1.807) is 24.4 Å². The zero-order chi connectivity index (χ0) is 15.5. The quantitative estimate of drug-likeness (QED) is 0.866. The average Bonchev–Trinajstić information content (AvgIpc) is 2.47. The van der Waals surface area contributed by atoms with Gasteiger partial charge in [-0.1, -0.05) is 12.1 Å². The summed E-state index contributed by atoms with van der Waals surface area (Å²) < 4.78 is 12.9. The third kappa shape index (κ3) is 3.16. The Hall–Kier alpha value is -2.23. The molecule has 1 heterocycles. The number of carbonyl (C=O) groups is 1. The van der Waals surface area contributed by atoms with Gasteiger partial charge in [-0.3, -0.25) is 9.78 Å². The van der Waals surface area contributed by atoms with E-state index in [2.05, 4.69) is 4.98 Å². The molecule has 0 saturated heterocycles. The number of hydrogen-bond donors (Lipinski definition) is 0. The van der Waals surface area contributed by atoms with Crippen LogP contribution in [0.15, 0.2) is 42.6 Å². The van der Waals surface area contributed by atoms with Crippen LogP contribution in [0.5, 0.6) is 0 Å². The van der Waals surface area contributed by atoms with Gasteiger partial charge in [0.05, 0.1) is 0 Å². The molecule has 1 fully saturated rings. The monoisotopic (exact) mass is 298 g/mol. The van der Waals surface area contributed by atoms with Gasteiger partial charge in [0, 0.05) is 37.0 Å². The molecule has 4 heteroatoms. The van der Waals surface area contributed by atoms with Crippen LogP contribution in [0, 0.1) is 5.82 Å². The van der Waals surface area contributed by atoms with Gasteiger partial charge in [-0.15, -0.1) is 0 Å². The molecule has 1 aliphatic rings. The normalized spacial score (nSPS) is 14.5. The molecule has 0 aliphatic heterocycles. The van der Waals surface area contributed by atoms with E-state index >= 15 is 0 Å². The van der Waals surface area contributed by atoms with Crippen LogP contribution < -0.4 is 0 Å². The standard InChI is InChI=1S/C18H19FN2O/c1-21(17-3-2-4-17)18(22)14-9-10-20-16(12-14)11-13-5-7-15(19)8-6-13/h5-10,12,17H,2-4,11H2,1H3. The Bertz CT molecular complexity index is 665. The number of nitrogens with zero attached hydrogens (tertiary/aromatic N) is 2. The van der Waals surface area contributed by atoms with Crippen LogP contribution in [-0.2, 0) is 6.42 Å². The maximum absolute atomic E-state index is 12.9. The number of carbonyl (C=O) groups excluding carboxylic acids is 1. The summed E-state index contributed by atoms with van der Waals surface area (Å²) in [5.41, 5.74) is 2.46. The molecule has 1 aromatic carbocycles. The lowest BCUT2D eigenvalue weighted by Gasteiger charge is -2.34. The fraction of sp³-hybridized carbons (Fsp3) is 0.333. The number of hydrogen-bond acceptors (Lipinski definition) is 2. The summed E-state index contributed by atoms with van der Waals surface area (Å²) in [5, 5.41) is 0. The average molecular weight is 298 g/mol. The summed E-state index contributed by atoms with van der Waals surface area (Å²) in [6.07, 6.45) is 5.65. The SMILES string of the molecule is CN(C(=O)c1ccnc(Cc2ccc(F)cc2)c1)C1CCC1. The molecule has 1 saturated carbocycles. The van der Waals surface area contributed by atoms with E-state index in [9.17, 15) is 9.18 Å². The minimum Gasteiger partial charge on any atom is -0.339 e. The molecule has 2 aromatic rings. The highest BCUT2D eigenvalue weighted by atomic mass is 19.1. The summed E-state index contributed by atoms with van der Waals surface area (Å²) in [7, 11) is 1.87. The molecule has 0 spiro atoms. The van der Waals surface area contributed by atoms with Crippen molar-refractivity contribution in [3.05, 3.63) is 65.2 Å². The number of aromatic nitrogens is 1. The predicted octanol–water partition coefficient (Wildman–Crippen LogP) is 3.44. The lowest BCUT2D eigenvalue weighted by Crippen LogP contribution is -2.41. The van der Waals surface area contributed by atoms with Gasteiger partial charge in [0.2, 0.25) is 0 Å². The summed E-state index contributed by atoms with van der Waals surface area (Å²) in [6, 6.07) is 10.3. The van der Waals surface area contributed by atoms with E-state index in [4.69, 9.17) is 0 Å². The molecule has 3 nitrogen and oxygen atoms in total. The maximum Gasteiger partial charge on any atom is 0.253 e. The fourth-order valence-corrected chi connectivity index (χ4v) is 2.66. The molecule has 1 aromatic heterocycles. The first-order chi connectivity index (χ1) is 10.6. The molecule has 22 heavy (non-hydrogen) atoms. The smallest absolute Gasteiger partial charge is 0.253 e. The van der Waals surface area contributed by atoms with Crippen molar-refractivity contribution < 1.29 is 9.18 Å². The van der Waals surface area contributed by atoms with Crippen LogP contribution in [0.25, 0.3) is 0 Å². The zero-order valence-corrected chi connectivity index (χ0v) is 12.6. The number of amides is 1. The van der Waals surface area contributed by atoms with Gasteiger partial charge < -0.3 is 4.90 Å². The second-order valence-electron chi connectivity index (χ2n) is 5.84. The number of pyridine rings is 1. The van der Waals surface area contributed by atoms with E-state index < -0.39 is 0 Å². The molecule has 114 valence electrons. The molecular weight excluding hydrogens is 279 g/mol. The molecule has 0 unspecified atom stereocenters. The zero-order valence-electron chi connectivity index (χ0n) is 12.6. The Balaban J connectivity index is 1.74. The lowest BCUT2D eigenvalue weighted by atomic mass is 9.91. The van der Waals surface area contributed by atoms with Crippen LogP contribution in [0.1, 0.15) is 40.9 Å². The topological polar surface area (TPSA) is 33.2 Å². The van der Waals surface area contributed by atoms with Crippen LogP contribution >= 0.6 is 0 Å². The van der Waals surface area contributed by atoms with Crippen molar-refractivity contribution >= 4 is 5.91 Å². The molecule has 0 atom stereocenters. The lowest BCUT2D eigenvalue weighted by molar-refractivity contribution is 0.0652. The minimum absolute atomic E-state index is 0.0486. The van der Waals surface area contributed by atoms with Crippen LogP contribution in [0.4, 0.5) is 4.39 Å². The highest BCUT2D eigenvalue weighted by Crippen LogP contribution is 2.25. The van der Waals surface area contributed by atoms with Crippen molar-refractivity contribution in [2.75, 3.05) is 7.05 Å². The van der Waals surface area contributed by atoms with Crippen molar-refractivity contribution in [1.29, 1.82) is 0 Å². The van der Waals surface area contributed by atoms with Crippen molar-refractivity contribution in [2.45, 2.75) is 31.7 Å². The van der Waals surface area contributed by atoms with Crippen molar-refractivity contribution in [3.8, 4) is 0 Å². The molecule has 0 N–H and O–H groups in total. The fourth-order valence-electron chi connectivity index (χ4n) is 2.66.